The molecule has 0 amide bonds. The van der Waals surface area contributed by atoms with E-state index in [2.05, 4.69) is 0 Å². The van der Waals surface area contributed by atoms with E-state index >= 15 is 0 Å². The average Bonchev–Trinajstić information content (AvgIpc) is 2.15. The summed E-state index contributed by atoms with van der Waals surface area (Å²) in [6, 6.07) is 4.98. The lowest BCUT2D eigenvalue weighted by Crippen LogP contribution is -1.96. The fourth-order valence-corrected chi connectivity index (χ4v) is 1.41. The molecule has 0 aliphatic heterocycles. The molecule has 5 heteroatoms. The Balaban J connectivity index is 2.61. The first-order valence-electron chi connectivity index (χ1n) is 4.07. The molecule has 0 aliphatic rings. The van der Waals surface area contributed by atoms with Crippen molar-refractivity contribution in [3.8, 4) is 5.75 Å². The standard InChI is InChI=1S/C10H8Cl2O3/c11-7-3-1-4-8(12)10(7)15-6-2-5-9(13)14/h1-5H,6H2,(H,13,14). The van der Waals surface area contributed by atoms with E-state index in [1.54, 1.807) is 18.2 Å². The van der Waals surface area contributed by atoms with E-state index in [0.717, 1.165) is 6.08 Å². The van der Waals surface area contributed by atoms with Crippen LogP contribution in [0, 0.1) is 0 Å². The second-order valence-electron chi connectivity index (χ2n) is 2.60. The van der Waals surface area contributed by atoms with Crippen LogP contribution >= 0.6 is 23.2 Å². The smallest absolute Gasteiger partial charge is 0.328 e. The normalized spacial score (nSPS) is 10.5. The van der Waals surface area contributed by atoms with Crippen molar-refractivity contribution >= 4 is 29.2 Å². The van der Waals surface area contributed by atoms with Crippen molar-refractivity contribution in [2.45, 2.75) is 0 Å². The van der Waals surface area contributed by atoms with Crippen LogP contribution in [0.5, 0.6) is 5.75 Å². The summed E-state index contributed by atoms with van der Waals surface area (Å²) in [5, 5.41) is 9.11. The van der Waals surface area contributed by atoms with Crippen molar-refractivity contribution in [1.82, 2.24) is 0 Å². The van der Waals surface area contributed by atoms with Gasteiger partial charge in [0.25, 0.3) is 0 Å². The van der Waals surface area contributed by atoms with Crippen molar-refractivity contribution < 1.29 is 14.6 Å². The van der Waals surface area contributed by atoms with Gasteiger partial charge in [0, 0.05) is 6.08 Å². The van der Waals surface area contributed by atoms with Crippen LogP contribution in [0.3, 0.4) is 0 Å². The van der Waals surface area contributed by atoms with E-state index in [1.807, 2.05) is 0 Å². The molecule has 1 N–H and O–H groups in total. The summed E-state index contributed by atoms with van der Waals surface area (Å²) in [5.74, 6) is -0.667. The second kappa shape index (κ2) is 5.63. The van der Waals surface area contributed by atoms with E-state index < -0.39 is 5.97 Å². The third-order valence-electron chi connectivity index (χ3n) is 1.50. The molecule has 0 unspecified atom stereocenters. The summed E-state index contributed by atoms with van der Waals surface area (Å²) >= 11 is 11.6. The van der Waals surface area contributed by atoms with Crippen LogP contribution in [-0.4, -0.2) is 17.7 Å². The van der Waals surface area contributed by atoms with Crippen molar-refractivity contribution in [1.29, 1.82) is 0 Å². The van der Waals surface area contributed by atoms with Crippen LogP contribution in [0.15, 0.2) is 30.4 Å². The summed E-state index contributed by atoms with van der Waals surface area (Å²) in [7, 11) is 0. The third kappa shape index (κ3) is 3.81. The zero-order chi connectivity index (χ0) is 11.3. The van der Waals surface area contributed by atoms with Gasteiger partial charge in [0.05, 0.1) is 10.0 Å². The highest BCUT2D eigenvalue weighted by molar-refractivity contribution is 6.37. The maximum Gasteiger partial charge on any atom is 0.328 e. The van der Waals surface area contributed by atoms with E-state index in [-0.39, 0.29) is 6.61 Å². The number of halogens is 2. The molecule has 1 aromatic carbocycles. The highest BCUT2D eigenvalue weighted by Gasteiger charge is 2.04. The molecule has 0 spiro atoms. The fourth-order valence-electron chi connectivity index (χ4n) is 0.901. The Bertz CT molecular complexity index is 368. The lowest BCUT2D eigenvalue weighted by Gasteiger charge is -2.06. The molecule has 0 saturated carbocycles. The number of hydrogen-bond donors (Lipinski definition) is 1. The number of carboxylic acids is 1. The Morgan fingerprint density at radius 1 is 1.40 bits per heavy atom. The Labute approximate surface area is 96.9 Å². The Morgan fingerprint density at radius 3 is 2.53 bits per heavy atom. The highest BCUT2D eigenvalue weighted by Crippen LogP contribution is 2.32. The summed E-state index contributed by atoms with van der Waals surface area (Å²) in [6.07, 6.45) is 2.35. The molecular weight excluding hydrogens is 239 g/mol. The maximum absolute atomic E-state index is 10.2. The van der Waals surface area contributed by atoms with Crippen molar-refractivity contribution in [2.75, 3.05) is 6.61 Å². The molecule has 0 fully saturated rings. The maximum atomic E-state index is 10.2. The molecule has 0 bridgehead atoms. The van der Waals surface area contributed by atoms with Gasteiger partial charge in [-0.2, -0.15) is 0 Å². The van der Waals surface area contributed by atoms with Gasteiger partial charge in [-0.15, -0.1) is 0 Å². The summed E-state index contributed by atoms with van der Waals surface area (Å²) < 4.78 is 5.20. The molecule has 0 atom stereocenters. The fraction of sp³-hybridized carbons (Fsp3) is 0.100. The van der Waals surface area contributed by atoms with Crippen LogP contribution in [-0.2, 0) is 4.79 Å². The van der Waals surface area contributed by atoms with Crippen molar-refractivity contribution in [3.05, 3.63) is 40.4 Å². The van der Waals surface area contributed by atoms with Crippen molar-refractivity contribution in [3.63, 3.8) is 0 Å². The number of carbonyl (C=O) groups is 1. The van der Waals surface area contributed by atoms with Gasteiger partial charge in [0.15, 0.2) is 5.75 Å². The largest absolute Gasteiger partial charge is 0.486 e. The first-order valence-corrected chi connectivity index (χ1v) is 4.83. The van der Waals surface area contributed by atoms with Crippen LogP contribution in [0.2, 0.25) is 10.0 Å². The van der Waals surface area contributed by atoms with Gasteiger partial charge in [-0.05, 0) is 18.2 Å². The third-order valence-corrected chi connectivity index (χ3v) is 2.10. The Morgan fingerprint density at radius 2 is 2.00 bits per heavy atom. The zero-order valence-electron chi connectivity index (χ0n) is 7.61. The number of ether oxygens (including phenoxy) is 1. The Hall–Kier alpha value is -1.19. The number of para-hydroxylation sites is 1. The minimum absolute atomic E-state index is 0.107. The molecule has 80 valence electrons. The molecule has 15 heavy (non-hydrogen) atoms. The number of rotatable bonds is 4. The lowest BCUT2D eigenvalue weighted by molar-refractivity contribution is -0.131. The first-order chi connectivity index (χ1) is 7.11. The number of carboxylic acid groups (broad SMARTS) is 1. The SMILES string of the molecule is O=C(O)C=CCOc1c(Cl)cccc1Cl. The average molecular weight is 247 g/mol. The van der Waals surface area contributed by atoms with E-state index in [0.29, 0.717) is 15.8 Å². The zero-order valence-corrected chi connectivity index (χ0v) is 9.13. The van der Waals surface area contributed by atoms with Crippen LogP contribution in [0.1, 0.15) is 0 Å². The topological polar surface area (TPSA) is 46.5 Å². The van der Waals surface area contributed by atoms with Gasteiger partial charge in [0.2, 0.25) is 0 Å². The van der Waals surface area contributed by atoms with Crippen LogP contribution in [0.4, 0.5) is 0 Å². The number of aliphatic carboxylic acids is 1. The van der Waals surface area contributed by atoms with Gasteiger partial charge >= 0.3 is 5.97 Å². The minimum Gasteiger partial charge on any atom is -0.486 e. The molecule has 3 nitrogen and oxygen atoms in total. The first kappa shape index (κ1) is 11.9. The number of hydrogen-bond acceptors (Lipinski definition) is 2. The van der Waals surface area contributed by atoms with E-state index in [4.69, 9.17) is 33.0 Å². The summed E-state index contributed by atoms with van der Waals surface area (Å²) in [4.78, 5) is 10.2. The van der Waals surface area contributed by atoms with E-state index in [9.17, 15) is 4.79 Å². The van der Waals surface area contributed by atoms with Gasteiger partial charge in [-0.3, -0.25) is 0 Å². The van der Waals surface area contributed by atoms with Crippen molar-refractivity contribution in [2.24, 2.45) is 0 Å². The second-order valence-corrected chi connectivity index (χ2v) is 3.42. The highest BCUT2D eigenvalue weighted by atomic mass is 35.5. The van der Waals surface area contributed by atoms with Gasteiger partial charge < -0.3 is 9.84 Å². The lowest BCUT2D eigenvalue weighted by atomic mass is 10.3. The molecule has 0 aromatic heterocycles. The molecular formula is C10H8Cl2O3. The predicted molar refractivity (Wildman–Crippen MR) is 58.7 cm³/mol. The molecule has 0 heterocycles. The molecule has 0 saturated heterocycles. The molecule has 1 aromatic rings. The van der Waals surface area contributed by atoms with Crippen LogP contribution < -0.4 is 4.74 Å². The Kier molecular flexibility index (Phi) is 4.46. The molecule has 0 radical (unpaired) electrons. The van der Waals surface area contributed by atoms with E-state index in [1.165, 1.54) is 6.08 Å². The van der Waals surface area contributed by atoms with Crippen LogP contribution in [0.25, 0.3) is 0 Å². The predicted octanol–water partition coefficient (Wildman–Crippen LogP) is 3.01. The minimum atomic E-state index is -1.02. The monoisotopic (exact) mass is 246 g/mol. The molecule has 1 rings (SSSR count). The summed E-state index contributed by atoms with van der Waals surface area (Å²) in [6.45, 7) is 0.107. The number of benzene rings is 1. The van der Waals surface area contributed by atoms with Gasteiger partial charge in [-0.25, -0.2) is 4.79 Å². The van der Waals surface area contributed by atoms with Gasteiger partial charge in [-0.1, -0.05) is 29.3 Å². The quantitative estimate of drug-likeness (QED) is 0.832. The molecule has 0 aliphatic carbocycles. The summed E-state index contributed by atoms with van der Waals surface area (Å²) in [5.41, 5.74) is 0. The van der Waals surface area contributed by atoms with Gasteiger partial charge in [0.1, 0.15) is 6.61 Å².